The second kappa shape index (κ2) is 10.1. The first-order valence-corrected chi connectivity index (χ1v) is 13.5. The van der Waals surface area contributed by atoms with Gasteiger partial charge in [-0.05, 0) is 50.1 Å². The molecule has 2 aromatic heterocycles. The van der Waals surface area contributed by atoms with E-state index in [-0.39, 0.29) is 17.5 Å². The summed E-state index contributed by atoms with van der Waals surface area (Å²) in [6.07, 6.45) is 4.23. The van der Waals surface area contributed by atoms with Crippen LogP contribution in [0.2, 0.25) is 0 Å². The lowest BCUT2D eigenvalue weighted by Crippen LogP contribution is -2.47. The number of benzene rings is 1. The van der Waals surface area contributed by atoms with Crippen LogP contribution in [0, 0.1) is 6.92 Å². The van der Waals surface area contributed by atoms with Crippen LogP contribution < -0.4 is 15.4 Å². The molecule has 1 amide bonds. The Balaban J connectivity index is 1.56. The largest absolute Gasteiger partial charge is 0.368 e. The first kappa shape index (κ1) is 24.5. The van der Waals surface area contributed by atoms with E-state index in [1.807, 2.05) is 51.1 Å². The summed E-state index contributed by atoms with van der Waals surface area (Å²) in [7, 11) is 0. The zero-order valence-corrected chi connectivity index (χ0v) is 22.3. The Labute approximate surface area is 220 Å². The number of thioether (sulfide) groups is 1. The number of fused-ring (bicyclic) bond motifs is 1. The van der Waals surface area contributed by atoms with Gasteiger partial charge in [-0.1, -0.05) is 55.2 Å². The normalized spacial score (nSPS) is 18.5. The summed E-state index contributed by atoms with van der Waals surface area (Å²) < 4.78 is 2.10. The SMILES string of the molecule is CCC(C)N1C(=O)/C(=C/c2c(N3CCN(c4ccccc4)CC3)nc3c(C)cccn3c2=O)SC1=S. The Morgan fingerprint density at radius 3 is 2.44 bits per heavy atom. The second-order valence-electron chi connectivity index (χ2n) is 9.16. The van der Waals surface area contributed by atoms with Gasteiger partial charge in [0.1, 0.15) is 15.8 Å². The van der Waals surface area contributed by atoms with Crippen LogP contribution in [-0.4, -0.2) is 56.7 Å². The molecule has 0 spiro atoms. The number of nitrogens with zero attached hydrogens (tertiary/aromatic N) is 5. The van der Waals surface area contributed by atoms with Crippen molar-refractivity contribution in [3.05, 3.63) is 75.0 Å². The first-order chi connectivity index (χ1) is 17.4. The van der Waals surface area contributed by atoms with E-state index in [0.29, 0.717) is 26.3 Å². The molecule has 186 valence electrons. The number of aryl methyl sites for hydroxylation is 1. The van der Waals surface area contributed by atoms with E-state index in [4.69, 9.17) is 17.2 Å². The molecular formula is C27H29N5O2S2. The quantitative estimate of drug-likeness (QED) is 0.367. The molecule has 1 unspecified atom stereocenters. The molecule has 2 aliphatic heterocycles. The minimum Gasteiger partial charge on any atom is -0.368 e. The van der Waals surface area contributed by atoms with Crippen molar-refractivity contribution in [2.24, 2.45) is 0 Å². The van der Waals surface area contributed by atoms with E-state index in [2.05, 4.69) is 21.9 Å². The molecule has 2 saturated heterocycles. The highest BCUT2D eigenvalue weighted by Gasteiger charge is 2.35. The van der Waals surface area contributed by atoms with Gasteiger partial charge < -0.3 is 9.80 Å². The number of carbonyl (C=O) groups excluding carboxylic acids is 1. The average molecular weight is 520 g/mol. The summed E-state index contributed by atoms with van der Waals surface area (Å²) in [5, 5.41) is 0. The molecule has 2 aliphatic rings. The van der Waals surface area contributed by atoms with Gasteiger partial charge in [0.2, 0.25) is 0 Å². The Hall–Kier alpha value is -3.17. The van der Waals surface area contributed by atoms with Gasteiger partial charge in [-0.2, -0.15) is 0 Å². The molecule has 36 heavy (non-hydrogen) atoms. The maximum Gasteiger partial charge on any atom is 0.267 e. The summed E-state index contributed by atoms with van der Waals surface area (Å²) in [5.41, 5.74) is 2.99. The predicted molar refractivity (Wildman–Crippen MR) is 152 cm³/mol. The lowest BCUT2D eigenvalue weighted by atomic mass is 10.2. The smallest absolute Gasteiger partial charge is 0.267 e. The van der Waals surface area contributed by atoms with Gasteiger partial charge in [-0.25, -0.2) is 4.98 Å². The van der Waals surface area contributed by atoms with Crippen molar-refractivity contribution in [1.82, 2.24) is 14.3 Å². The third-order valence-electron chi connectivity index (χ3n) is 6.90. The van der Waals surface area contributed by atoms with Crippen molar-refractivity contribution in [2.75, 3.05) is 36.0 Å². The molecular weight excluding hydrogens is 490 g/mol. The highest BCUT2D eigenvalue weighted by Crippen LogP contribution is 2.35. The summed E-state index contributed by atoms with van der Waals surface area (Å²) in [6, 6.07) is 14.1. The molecule has 0 N–H and O–H groups in total. The molecule has 0 radical (unpaired) electrons. The lowest BCUT2D eigenvalue weighted by Gasteiger charge is -2.37. The molecule has 0 saturated carbocycles. The number of rotatable bonds is 5. The number of thiocarbonyl (C=S) groups is 1. The van der Waals surface area contributed by atoms with Crippen LogP contribution in [0.25, 0.3) is 11.7 Å². The van der Waals surface area contributed by atoms with E-state index in [9.17, 15) is 9.59 Å². The second-order valence-corrected chi connectivity index (χ2v) is 10.8. The zero-order chi connectivity index (χ0) is 25.4. The third kappa shape index (κ3) is 4.41. The van der Waals surface area contributed by atoms with Crippen LogP contribution in [0.5, 0.6) is 0 Å². The summed E-state index contributed by atoms with van der Waals surface area (Å²) >= 11 is 6.77. The molecule has 1 aromatic carbocycles. The summed E-state index contributed by atoms with van der Waals surface area (Å²) in [4.78, 5) is 38.6. The number of para-hydroxylation sites is 1. The lowest BCUT2D eigenvalue weighted by molar-refractivity contribution is -0.123. The Bertz CT molecular complexity index is 1410. The number of pyridine rings is 1. The van der Waals surface area contributed by atoms with Gasteiger partial charge in [0.05, 0.1) is 10.5 Å². The molecule has 7 nitrogen and oxygen atoms in total. The van der Waals surface area contributed by atoms with Gasteiger partial charge in [-0.3, -0.25) is 18.9 Å². The highest BCUT2D eigenvalue weighted by atomic mass is 32.2. The number of hydrogen-bond donors (Lipinski definition) is 0. The van der Waals surface area contributed by atoms with Crippen LogP contribution in [0.15, 0.2) is 58.4 Å². The maximum atomic E-state index is 13.8. The molecule has 0 aliphatic carbocycles. The van der Waals surface area contributed by atoms with Crippen molar-refractivity contribution >= 4 is 57.4 Å². The molecule has 9 heteroatoms. The minimum atomic E-state index is -0.182. The minimum absolute atomic E-state index is 0.00686. The summed E-state index contributed by atoms with van der Waals surface area (Å²) in [6.45, 7) is 9.04. The highest BCUT2D eigenvalue weighted by molar-refractivity contribution is 8.26. The Morgan fingerprint density at radius 2 is 1.75 bits per heavy atom. The van der Waals surface area contributed by atoms with Crippen molar-refractivity contribution in [2.45, 2.75) is 33.2 Å². The molecule has 5 rings (SSSR count). The number of hydrogen-bond acceptors (Lipinski definition) is 7. The molecule has 0 bridgehead atoms. The van der Waals surface area contributed by atoms with Gasteiger partial charge >= 0.3 is 0 Å². The number of aromatic nitrogens is 2. The van der Waals surface area contributed by atoms with Crippen molar-refractivity contribution in [3.8, 4) is 0 Å². The first-order valence-electron chi connectivity index (χ1n) is 12.2. The fraction of sp³-hybridized carbons (Fsp3) is 0.333. The van der Waals surface area contributed by atoms with Crippen LogP contribution in [0.4, 0.5) is 11.5 Å². The molecule has 2 fully saturated rings. The van der Waals surface area contributed by atoms with Gasteiger partial charge in [0, 0.05) is 44.1 Å². The number of amides is 1. The Kier molecular flexibility index (Phi) is 6.85. The average Bonchev–Trinajstić information content (AvgIpc) is 3.18. The molecule has 3 aromatic rings. The van der Waals surface area contributed by atoms with Gasteiger partial charge in [-0.15, -0.1) is 0 Å². The zero-order valence-electron chi connectivity index (χ0n) is 20.7. The fourth-order valence-corrected chi connectivity index (χ4v) is 6.10. The van der Waals surface area contributed by atoms with E-state index in [0.717, 1.165) is 38.2 Å². The van der Waals surface area contributed by atoms with Crippen LogP contribution in [0.1, 0.15) is 31.4 Å². The standard InChI is InChI=1S/C27H29N5O2S2/c1-4-19(3)32-26(34)22(36-27(32)35)17-21-24(28-23-18(2)9-8-12-31(23)25(21)33)30-15-13-29(14-16-30)20-10-6-5-7-11-20/h5-12,17,19H,4,13-16H2,1-3H3/b22-17-. The van der Waals surface area contributed by atoms with Crippen molar-refractivity contribution in [1.29, 1.82) is 0 Å². The number of piperazine rings is 1. The van der Waals surface area contributed by atoms with Gasteiger partial charge in [0.25, 0.3) is 11.5 Å². The van der Waals surface area contributed by atoms with Crippen LogP contribution >= 0.6 is 24.0 Å². The summed E-state index contributed by atoms with van der Waals surface area (Å²) in [5.74, 6) is 0.476. The van der Waals surface area contributed by atoms with E-state index in [1.54, 1.807) is 21.6 Å². The van der Waals surface area contributed by atoms with E-state index >= 15 is 0 Å². The van der Waals surface area contributed by atoms with Crippen molar-refractivity contribution < 1.29 is 4.79 Å². The van der Waals surface area contributed by atoms with E-state index < -0.39 is 0 Å². The van der Waals surface area contributed by atoms with Gasteiger partial charge in [0.15, 0.2) is 0 Å². The van der Waals surface area contributed by atoms with Crippen LogP contribution in [-0.2, 0) is 4.79 Å². The topological polar surface area (TPSA) is 61.2 Å². The molecule has 4 heterocycles. The maximum absolute atomic E-state index is 13.8. The number of carbonyl (C=O) groups is 1. The molecule has 1 atom stereocenters. The van der Waals surface area contributed by atoms with Crippen LogP contribution in [0.3, 0.4) is 0 Å². The fourth-order valence-electron chi connectivity index (χ4n) is 4.66. The Morgan fingerprint density at radius 1 is 1.06 bits per heavy atom. The van der Waals surface area contributed by atoms with E-state index in [1.165, 1.54) is 17.4 Å². The number of anilines is 2. The third-order valence-corrected chi connectivity index (χ3v) is 8.23. The monoisotopic (exact) mass is 519 g/mol. The van der Waals surface area contributed by atoms with Crippen molar-refractivity contribution in [3.63, 3.8) is 0 Å². The predicted octanol–water partition coefficient (Wildman–Crippen LogP) is 4.33.